The normalized spacial score (nSPS) is 19.7. The van der Waals surface area contributed by atoms with Crippen molar-refractivity contribution in [1.29, 1.82) is 0 Å². The first-order valence-corrected chi connectivity index (χ1v) is 11.0. The summed E-state index contributed by atoms with van der Waals surface area (Å²) in [4.78, 5) is 11.9. The highest BCUT2D eigenvalue weighted by molar-refractivity contribution is 7.89. The summed E-state index contributed by atoms with van der Waals surface area (Å²) >= 11 is 0. The average Bonchev–Trinajstić information content (AvgIpc) is 2.97. The van der Waals surface area contributed by atoms with E-state index in [4.69, 9.17) is 4.74 Å². The van der Waals surface area contributed by atoms with E-state index in [0.29, 0.717) is 18.0 Å². The van der Waals surface area contributed by atoms with Gasteiger partial charge in [-0.2, -0.15) is 0 Å². The molecule has 1 unspecified atom stereocenters. The second kappa shape index (κ2) is 7.89. The van der Waals surface area contributed by atoms with Crippen LogP contribution < -0.4 is 0 Å². The first-order chi connectivity index (χ1) is 12.8. The third kappa shape index (κ3) is 3.95. The van der Waals surface area contributed by atoms with E-state index in [2.05, 4.69) is 6.92 Å². The van der Waals surface area contributed by atoms with Crippen molar-refractivity contribution in [2.45, 2.75) is 57.8 Å². The van der Waals surface area contributed by atoms with Crippen LogP contribution in [0.4, 0.5) is 0 Å². The average molecular weight is 390 g/mol. The van der Waals surface area contributed by atoms with Crippen molar-refractivity contribution in [2.24, 2.45) is 5.92 Å². The molecule has 1 aliphatic heterocycles. The number of esters is 1. The predicted octanol–water partition coefficient (Wildman–Crippen LogP) is 4.30. The van der Waals surface area contributed by atoms with Gasteiger partial charge in [-0.1, -0.05) is 37.5 Å². The van der Waals surface area contributed by atoms with Crippen LogP contribution >= 0.6 is 0 Å². The fourth-order valence-corrected chi connectivity index (χ4v) is 5.36. The lowest BCUT2D eigenvalue weighted by Crippen LogP contribution is -2.35. The van der Waals surface area contributed by atoms with Crippen molar-refractivity contribution >= 4 is 16.0 Å². The summed E-state index contributed by atoms with van der Waals surface area (Å²) in [7, 11) is -3.70. The number of benzene rings is 1. The lowest BCUT2D eigenvalue weighted by atomic mass is 9.91. The molecule has 0 amide bonds. The zero-order valence-corrected chi connectivity index (χ0v) is 17.0. The first kappa shape index (κ1) is 19.7. The number of rotatable bonds is 6. The Hall–Kier alpha value is -2.08. The Morgan fingerprint density at radius 2 is 1.96 bits per heavy atom. The molecule has 3 rings (SSSR count). The van der Waals surface area contributed by atoms with E-state index in [1.54, 1.807) is 24.3 Å². The van der Waals surface area contributed by atoms with E-state index in [9.17, 15) is 13.2 Å². The molecule has 146 valence electrons. The molecule has 0 radical (unpaired) electrons. The van der Waals surface area contributed by atoms with Gasteiger partial charge in [0.05, 0.1) is 10.6 Å². The minimum atomic E-state index is -3.70. The second-order valence-corrected chi connectivity index (χ2v) is 9.10. The summed E-state index contributed by atoms with van der Waals surface area (Å²) in [6.45, 7) is 5.81. The minimum Gasteiger partial charge on any atom is -0.425 e. The molecule has 1 atom stereocenters. The Morgan fingerprint density at radius 3 is 2.59 bits per heavy atom. The molecule has 1 aromatic rings. The molecule has 0 fully saturated rings. The van der Waals surface area contributed by atoms with Crippen LogP contribution in [0.15, 0.2) is 52.3 Å². The lowest BCUT2D eigenvalue weighted by molar-refractivity contribution is -0.136. The maximum absolute atomic E-state index is 13.3. The number of unbranched alkanes of at least 4 members (excludes halogenated alkanes) is 1. The number of ether oxygens (including phenoxy) is 1. The van der Waals surface area contributed by atoms with Gasteiger partial charge in [-0.3, -0.25) is 9.10 Å². The lowest BCUT2D eigenvalue weighted by Gasteiger charge is -2.32. The van der Waals surface area contributed by atoms with Gasteiger partial charge in [0.1, 0.15) is 0 Å². The van der Waals surface area contributed by atoms with Crippen LogP contribution in [0.5, 0.6) is 0 Å². The van der Waals surface area contributed by atoms with Gasteiger partial charge in [-0.25, -0.2) is 8.42 Å². The van der Waals surface area contributed by atoms with E-state index in [0.717, 1.165) is 43.2 Å². The van der Waals surface area contributed by atoms with Gasteiger partial charge >= 0.3 is 5.97 Å². The van der Waals surface area contributed by atoms with Crippen molar-refractivity contribution in [2.75, 3.05) is 6.54 Å². The summed E-state index contributed by atoms with van der Waals surface area (Å²) in [5.41, 5.74) is 2.67. The van der Waals surface area contributed by atoms with Crippen LogP contribution in [0.1, 0.15) is 51.5 Å². The second-order valence-electron chi connectivity index (χ2n) is 7.24. The first-order valence-electron chi connectivity index (χ1n) is 9.57. The van der Waals surface area contributed by atoms with Crippen LogP contribution in [0, 0.1) is 12.8 Å². The van der Waals surface area contributed by atoms with Gasteiger partial charge in [-0.05, 0) is 50.0 Å². The van der Waals surface area contributed by atoms with Crippen LogP contribution in [0.3, 0.4) is 0 Å². The zero-order chi connectivity index (χ0) is 19.6. The summed E-state index contributed by atoms with van der Waals surface area (Å²) in [5.74, 6) is 0.113. The quantitative estimate of drug-likeness (QED) is 0.681. The highest BCUT2D eigenvalue weighted by Crippen LogP contribution is 2.43. The molecule has 5 nitrogen and oxygen atoms in total. The number of carbonyl (C=O) groups is 1. The van der Waals surface area contributed by atoms with Gasteiger partial charge in [0.2, 0.25) is 0 Å². The number of carbonyl (C=O) groups excluding carboxylic acids is 1. The summed E-state index contributed by atoms with van der Waals surface area (Å²) in [6.07, 6.45) is 6.61. The molecule has 1 heterocycles. The summed E-state index contributed by atoms with van der Waals surface area (Å²) < 4.78 is 33.5. The van der Waals surface area contributed by atoms with E-state index >= 15 is 0 Å². The van der Waals surface area contributed by atoms with Gasteiger partial charge in [-0.15, -0.1) is 0 Å². The van der Waals surface area contributed by atoms with E-state index < -0.39 is 16.0 Å². The zero-order valence-electron chi connectivity index (χ0n) is 16.2. The molecule has 2 aliphatic rings. The minimum absolute atomic E-state index is 0.144. The molecule has 0 N–H and O–H groups in total. The molecule has 0 saturated carbocycles. The standard InChI is InChI=1S/C21H27NO4S/c1-4-5-7-17-14-20(26-16(3)23)21-19(17)8-6-13-22(21)27(24,25)18-11-9-15(2)10-12-18/h9-12,14,17H,4-8,13H2,1-3H3. The van der Waals surface area contributed by atoms with Crippen LogP contribution in [-0.2, 0) is 19.6 Å². The predicted molar refractivity (Wildman–Crippen MR) is 104 cm³/mol. The molecule has 1 aromatic carbocycles. The highest BCUT2D eigenvalue weighted by Gasteiger charge is 2.39. The largest absolute Gasteiger partial charge is 0.425 e. The Balaban J connectivity index is 2.03. The number of hydrogen-bond acceptors (Lipinski definition) is 4. The maximum atomic E-state index is 13.3. The number of sulfonamides is 1. The van der Waals surface area contributed by atoms with Gasteiger partial charge in [0.15, 0.2) is 5.76 Å². The van der Waals surface area contributed by atoms with Crippen molar-refractivity contribution in [1.82, 2.24) is 4.31 Å². The van der Waals surface area contributed by atoms with Gasteiger partial charge in [0.25, 0.3) is 10.0 Å². The Labute approximate surface area is 161 Å². The topological polar surface area (TPSA) is 63.7 Å². The van der Waals surface area contributed by atoms with Crippen LogP contribution in [-0.4, -0.2) is 25.2 Å². The van der Waals surface area contributed by atoms with E-state index in [1.807, 2.05) is 13.0 Å². The maximum Gasteiger partial charge on any atom is 0.308 e. The fraction of sp³-hybridized carbons (Fsp3) is 0.476. The third-order valence-electron chi connectivity index (χ3n) is 5.13. The van der Waals surface area contributed by atoms with E-state index in [1.165, 1.54) is 11.2 Å². The monoisotopic (exact) mass is 389 g/mol. The smallest absolute Gasteiger partial charge is 0.308 e. The fourth-order valence-electron chi connectivity index (χ4n) is 3.80. The van der Waals surface area contributed by atoms with Crippen LogP contribution in [0.25, 0.3) is 0 Å². The van der Waals surface area contributed by atoms with Crippen molar-refractivity contribution in [3.05, 3.63) is 52.9 Å². The molecular formula is C21H27NO4S. The number of allylic oxidation sites excluding steroid dienone is 2. The summed E-state index contributed by atoms with van der Waals surface area (Å²) in [5, 5.41) is 0. The summed E-state index contributed by atoms with van der Waals surface area (Å²) in [6, 6.07) is 6.87. The third-order valence-corrected chi connectivity index (χ3v) is 6.94. The van der Waals surface area contributed by atoms with Gasteiger partial charge < -0.3 is 4.74 Å². The number of aryl methyl sites for hydroxylation is 1. The number of hydrogen-bond donors (Lipinski definition) is 0. The number of nitrogens with zero attached hydrogens (tertiary/aromatic N) is 1. The van der Waals surface area contributed by atoms with Crippen LogP contribution in [0.2, 0.25) is 0 Å². The van der Waals surface area contributed by atoms with Crippen molar-refractivity contribution in [3.63, 3.8) is 0 Å². The molecular weight excluding hydrogens is 362 g/mol. The Morgan fingerprint density at radius 1 is 1.26 bits per heavy atom. The Bertz CT molecular complexity index is 881. The van der Waals surface area contributed by atoms with Gasteiger partial charge in [0, 0.05) is 19.4 Å². The van der Waals surface area contributed by atoms with Crippen molar-refractivity contribution < 1.29 is 17.9 Å². The molecule has 0 saturated heterocycles. The molecule has 0 aromatic heterocycles. The molecule has 6 heteroatoms. The molecule has 27 heavy (non-hydrogen) atoms. The van der Waals surface area contributed by atoms with E-state index in [-0.39, 0.29) is 10.8 Å². The highest BCUT2D eigenvalue weighted by atomic mass is 32.2. The molecule has 1 aliphatic carbocycles. The Kier molecular flexibility index (Phi) is 5.75. The van der Waals surface area contributed by atoms with Crippen molar-refractivity contribution in [3.8, 4) is 0 Å². The SMILES string of the molecule is CCCCC1C=C(OC(C)=O)C2=C1CCCN2S(=O)(=O)c1ccc(C)cc1. The molecule has 0 spiro atoms. The molecule has 0 bridgehead atoms.